The normalized spacial score (nSPS) is 16.3. The molecule has 1 aliphatic heterocycles. The van der Waals surface area contributed by atoms with Gasteiger partial charge in [-0.25, -0.2) is 8.42 Å². The van der Waals surface area contributed by atoms with Gasteiger partial charge < -0.3 is 19.5 Å². The number of nitrogens with zero attached hydrogens (tertiary/aromatic N) is 1. The Bertz CT molecular complexity index is 1340. The quantitative estimate of drug-likeness (QED) is 0.485. The molecule has 36 heavy (non-hydrogen) atoms. The van der Waals surface area contributed by atoms with E-state index in [1.165, 1.54) is 32.4 Å². The summed E-state index contributed by atoms with van der Waals surface area (Å²) in [5, 5.41) is 3.03. The van der Waals surface area contributed by atoms with Gasteiger partial charge >= 0.3 is 0 Å². The van der Waals surface area contributed by atoms with Crippen LogP contribution in [-0.4, -0.2) is 40.7 Å². The molecule has 0 spiro atoms. The topological polar surface area (TPSA) is 94.2 Å². The number of para-hydroxylation sites is 2. The molecule has 1 aliphatic rings. The van der Waals surface area contributed by atoms with E-state index in [9.17, 15) is 13.2 Å². The van der Waals surface area contributed by atoms with Crippen molar-refractivity contribution in [1.82, 2.24) is 5.32 Å². The summed E-state index contributed by atoms with van der Waals surface area (Å²) in [4.78, 5) is 13.3. The Morgan fingerprint density at radius 2 is 1.67 bits per heavy atom. The summed E-state index contributed by atoms with van der Waals surface area (Å²) in [5.74, 6) is 0.954. The predicted molar refractivity (Wildman–Crippen MR) is 137 cm³/mol. The molecule has 9 heteroatoms. The Labute approximate surface area is 211 Å². The summed E-state index contributed by atoms with van der Waals surface area (Å²) in [5.41, 5.74) is 0.742. The number of methoxy groups -OCH3 is 2. The van der Waals surface area contributed by atoms with Crippen molar-refractivity contribution in [2.45, 2.75) is 36.8 Å². The molecule has 3 aromatic carbocycles. The molecule has 1 N–H and O–H groups in total. The number of ether oxygens (including phenoxy) is 3. The van der Waals surface area contributed by atoms with Crippen LogP contribution in [0, 0.1) is 0 Å². The van der Waals surface area contributed by atoms with Crippen LogP contribution in [0.15, 0.2) is 77.7 Å². The van der Waals surface area contributed by atoms with Gasteiger partial charge in [-0.15, -0.1) is 0 Å². The summed E-state index contributed by atoms with van der Waals surface area (Å²) >= 11 is 0. The first-order valence-electron chi connectivity index (χ1n) is 11.5. The summed E-state index contributed by atoms with van der Waals surface area (Å²) in [6.45, 7) is 3.51. The number of hydrogen-bond acceptors (Lipinski definition) is 6. The van der Waals surface area contributed by atoms with Crippen LogP contribution < -0.4 is 23.8 Å². The van der Waals surface area contributed by atoms with Crippen molar-refractivity contribution in [2.24, 2.45) is 0 Å². The van der Waals surface area contributed by atoms with Crippen LogP contribution in [0.4, 0.5) is 5.69 Å². The van der Waals surface area contributed by atoms with Crippen LogP contribution in [0.25, 0.3) is 0 Å². The maximum Gasteiger partial charge on any atom is 0.264 e. The summed E-state index contributed by atoms with van der Waals surface area (Å²) in [7, 11) is -1.21. The lowest BCUT2D eigenvalue weighted by molar-refractivity contribution is -0.120. The largest absolute Gasteiger partial charge is 0.493 e. The molecule has 1 unspecified atom stereocenters. The van der Waals surface area contributed by atoms with Crippen LogP contribution in [0.1, 0.15) is 31.9 Å². The number of carbonyl (C=O) groups excluding carboxylic acids is 1. The van der Waals surface area contributed by atoms with Crippen molar-refractivity contribution >= 4 is 21.6 Å². The van der Waals surface area contributed by atoms with Gasteiger partial charge in [0, 0.05) is 18.1 Å². The molecule has 0 aliphatic carbocycles. The first-order valence-corrected chi connectivity index (χ1v) is 13.0. The number of hydrogen-bond donors (Lipinski definition) is 1. The maximum atomic E-state index is 13.8. The lowest BCUT2D eigenvalue weighted by Crippen LogP contribution is -2.45. The predicted octanol–water partition coefficient (Wildman–Crippen LogP) is 4.32. The molecule has 0 bridgehead atoms. The summed E-state index contributed by atoms with van der Waals surface area (Å²) < 4.78 is 45.2. The van der Waals surface area contributed by atoms with Crippen molar-refractivity contribution in [1.29, 1.82) is 0 Å². The average Bonchev–Trinajstić information content (AvgIpc) is 2.86. The zero-order chi connectivity index (χ0) is 25.9. The number of amides is 1. The lowest BCUT2D eigenvalue weighted by Gasteiger charge is -2.38. The fourth-order valence-corrected chi connectivity index (χ4v) is 5.75. The summed E-state index contributed by atoms with van der Waals surface area (Å²) in [6.07, 6.45) is 0.545. The Morgan fingerprint density at radius 1 is 1.00 bits per heavy atom. The molecule has 0 saturated carbocycles. The van der Waals surface area contributed by atoms with Gasteiger partial charge in [0.15, 0.2) is 11.5 Å². The molecule has 0 fully saturated rings. The molecule has 0 radical (unpaired) electrons. The van der Waals surface area contributed by atoms with Crippen molar-refractivity contribution in [2.75, 3.05) is 25.1 Å². The van der Waals surface area contributed by atoms with Gasteiger partial charge in [0.2, 0.25) is 5.91 Å². The molecule has 4 rings (SSSR count). The molecular formula is C27H30N2O6S. The first kappa shape index (κ1) is 25.4. The van der Waals surface area contributed by atoms with E-state index in [-0.39, 0.29) is 16.7 Å². The molecule has 8 nitrogen and oxygen atoms in total. The van der Waals surface area contributed by atoms with Gasteiger partial charge in [0.05, 0.1) is 30.8 Å². The molecule has 0 aromatic heterocycles. The van der Waals surface area contributed by atoms with E-state index >= 15 is 0 Å². The zero-order valence-electron chi connectivity index (χ0n) is 20.7. The minimum atomic E-state index is -4.12. The highest BCUT2D eigenvalue weighted by Crippen LogP contribution is 2.39. The number of sulfonamides is 1. The van der Waals surface area contributed by atoms with E-state index in [4.69, 9.17) is 14.2 Å². The standard InChI is InChI=1S/C27H30N2O6S/c1-27(2)17-22(21-12-8-9-13-23(21)35-27)28-26(30)18-29(19-10-6-5-7-11-19)36(31,32)20-14-15-24(33-3)25(16-20)34-4/h5-16,22H,17-18H2,1-4H3,(H,28,30). The van der Waals surface area contributed by atoms with E-state index in [1.54, 1.807) is 30.3 Å². The van der Waals surface area contributed by atoms with Crippen molar-refractivity contribution < 1.29 is 27.4 Å². The minimum absolute atomic E-state index is 0.0191. The number of fused-ring (bicyclic) bond motifs is 1. The fourth-order valence-electron chi connectivity index (χ4n) is 4.31. The maximum absolute atomic E-state index is 13.8. The van der Waals surface area contributed by atoms with Crippen LogP contribution >= 0.6 is 0 Å². The molecule has 190 valence electrons. The SMILES string of the molecule is COc1ccc(S(=O)(=O)N(CC(=O)NC2CC(C)(C)Oc3ccccc32)c2ccccc2)cc1OC. The smallest absolute Gasteiger partial charge is 0.264 e. The highest BCUT2D eigenvalue weighted by Gasteiger charge is 2.35. The second-order valence-corrected chi connectivity index (χ2v) is 11.0. The molecule has 1 amide bonds. The number of carbonyl (C=O) groups is 1. The number of nitrogens with one attached hydrogen (secondary N) is 1. The molecule has 1 atom stereocenters. The third-order valence-electron chi connectivity index (χ3n) is 5.99. The van der Waals surface area contributed by atoms with E-state index in [1.807, 2.05) is 38.1 Å². The van der Waals surface area contributed by atoms with Gasteiger partial charge in [-0.2, -0.15) is 0 Å². The van der Waals surface area contributed by atoms with Crippen molar-refractivity contribution in [3.63, 3.8) is 0 Å². The van der Waals surface area contributed by atoms with Gasteiger partial charge in [-0.05, 0) is 44.2 Å². The molecule has 1 heterocycles. The van der Waals surface area contributed by atoms with E-state index in [0.29, 0.717) is 23.6 Å². The fraction of sp³-hybridized carbons (Fsp3) is 0.296. The van der Waals surface area contributed by atoms with Crippen LogP contribution in [0.3, 0.4) is 0 Å². The van der Waals surface area contributed by atoms with Gasteiger partial charge in [0.25, 0.3) is 10.0 Å². The van der Waals surface area contributed by atoms with E-state index in [0.717, 1.165) is 9.87 Å². The number of benzene rings is 3. The molecular weight excluding hydrogens is 480 g/mol. The second kappa shape index (κ2) is 10.1. The number of rotatable bonds is 8. The second-order valence-electron chi connectivity index (χ2n) is 9.09. The van der Waals surface area contributed by atoms with Gasteiger partial charge in [-0.1, -0.05) is 36.4 Å². The summed E-state index contributed by atoms with van der Waals surface area (Å²) in [6, 6.07) is 20.1. The third kappa shape index (κ3) is 5.26. The lowest BCUT2D eigenvalue weighted by atomic mass is 9.89. The average molecular weight is 511 g/mol. The van der Waals surface area contributed by atoms with Crippen LogP contribution in [0.5, 0.6) is 17.2 Å². The Morgan fingerprint density at radius 3 is 2.36 bits per heavy atom. The minimum Gasteiger partial charge on any atom is -0.493 e. The monoisotopic (exact) mass is 510 g/mol. The van der Waals surface area contributed by atoms with Crippen LogP contribution in [-0.2, 0) is 14.8 Å². The van der Waals surface area contributed by atoms with Crippen molar-refractivity contribution in [3.05, 3.63) is 78.4 Å². The zero-order valence-corrected chi connectivity index (χ0v) is 21.5. The highest BCUT2D eigenvalue weighted by molar-refractivity contribution is 7.92. The molecule has 3 aromatic rings. The van der Waals surface area contributed by atoms with Gasteiger partial charge in [0.1, 0.15) is 17.9 Å². The third-order valence-corrected chi connectivity index (χ3v) is 7.76. The Kier molecular flexibility index (Phi) is 7.12. The number of anilines is 1. The van der Waals surface area contributed by atoms with E-state index < -0.39 is 28.1 Å². The van der Waals surface area contributed by atoms with Crippen molar-refractivity contribution in [3.8, 4) is 17.2 Å². The Balaban J connectivity index is 1.65. The van der Waals surface area contributed by atoms with E-state index in [2.05, 4.69) is 5.32 Å². The first-order chi connectivity index (χ1) is 17.1. The van der Waals surface area contributed by atoms with Gasteiger partial charge in [-0.3, -0.25) is 9.10 Å². The molecule has 0 saturated heterocycles. The van der Waals surface area contributed by atoms with Crippen LogP contribution in [0.2, 0.25) is 0 Å². The highest BCUT2D eigenvalue weighted by atomic mass is 32.2. The Hall–Kier alpha value is -3.72.